The van der Waals surface area contributed by atoms with Gasteiger partial charge in [0.15, 0.2) is 0 Å². The van der Waals surface area contributed by atoms with Gasteiger partial charge in [0.25, 0.3) is 0 Å². The Morgan fingerprint density at radius 2 is 1.81 bits per heavy atom. The molecule has 0 amide bonds. The van der Waals surface area contributed by atoms with E-state index in [2.05, 4.69) is 0 Å². The van der Waals surface area contributed by atoms with Gasteiger partial charge in [-0.25, -0.2) is 0 Å². The van der Waals surface area contributed by atoms with E-state index in [0.717, 1.165) is 22.5 Å². The Hall–Kier alpha value is -1.54. The van der Waals surface area contributed by atoms with E-state index in [4.69, 9.17) is 4.42 Å². The van der Waals surface area contributed by atoms with Crippen LogP contribution >= 0.6 is 0 Å². The topological polar surface area (TPSA) is 33.4 Å². The molecule has 2 aromatic rings. The normalized spacial score (nSPS) is 12.8. The van der Waals surface area contributed by atoms with Crippen LogP contribution < -0.4 is 0 Å². The van der Waals surface area contributed by atoms with Gasteiger partial charge in [0.1, 0.15) is 17.6 Å². The van der Waals surface area contributed by atoms with Crippen molar-refractivity contribution in [3.63, 3.8) is 0 Å². The van der Waals surface area contributed by atoms with E-state index in [1.165, 1.54) is 0 Å². The van der Waals surface area contributed by atoms with Crippen molar-refractivity contribution >= 4 is 0 Å². The SMILES string of the molecule is Cc1ccc(C)c(C(O)c2ccc(C)o2)c1. The number of hydrogen-bond acceptors (Lipinski definition) is 2. The van der Waals surface area contributed by atoms with E-state index in [0.29, 0.717) is 5.76 Å². The number of rotatable bonds is 2. The molecule has 0 aliphatic heterocycles. The molecule has 0 saturated heterocycles. The third kappa shape index (κ3) is 2.02. The molecule has 2 nitrogen and oxygen atoms in total. The smallest absolute Gasteiger partial charge is 0.137 e. The van der Waals surface area contributed by atoms with Crippen LogP contribution in [0.5, 0.6) is 0 Å². The van der Waals surface area contributed by atoms with Crippen LogP contribution in [0.15, 0.2) is 34.7 Å². The first-order valence-corrected chi connectivity index (χ1v) is 5.39. The van der Waals surface area contributed by atoms with Gasteiger partial charge in [-0.2, -0.15) is 0 Å². The Morgan fingerprint density at radius 1 is 1.06 bits per heavy atom. The standard InChI is InChI=1S/C14H16O2/c1-9-4-5-10(2)12(8-9)14(15)13-7-6-11(3)16-13/h4-8,14-15H,1-3H3. The third-order valence-electron chi connectivity index (χ3n) is 2.76. The number of aliphatic hydroxyl groups is 1. The number of benzene rings is 1. The Bertz CT molecular complexity index is 497. The van der Waals surface area contributed by atoms with E-state index in [9.17, 15) is 5.11 Å². The fourth-order valence-electron chi connectivity index (χ4n) is 1.81. The molecular formula is C14H16O2. The first kappa shape index (κ1) is 11.0. The summed E-state index contributed by atoms with van der Waals surface area (Å²) in [5, 5.41) is 10.2. The summed E-state index contributed by atoms with van der Waals surface area (Å²) in [6.45, 7) is 5.89. The highest BCUT2D eigenvalue weighted by molar-refractivity contribution is 5.35. The summed E-state index contributed by atoms with van der Waals surface area (Å²) < 4.78 is 5.44. The van der Waals surface area contributed by atoms with Crippen molar-refractivity contribution in [3.8, 4) is 0 Å². The summed E-state index contributed by atoms with van der Waals surface area (Å²) in [5.74, 6) is 1.42. The van der Waals surface area contributed by atoms with Crippen LogP contribution in [0, 0.1) is 20.8 Å². The monoisotopic (exact) mass is 216 g/mol. The van der Waals surface area contributed by atoms with Crippen molar-refractivity contribution in [2.75, 3.05) is 0 Å². The molecule has 0 aliphatic carbocycles. The van der Waals surface area contributed by atoms with Crippen molar-refractivity contribution in [1.82, 2.24) is 0 Å². The average Bonchev–Trinajstić information content (AvgIpc) is 2.67. The van der Waals surface area contributed by atoms with Crippen LogP contribution in [-0.2, 0) is 0 Å². The molecule has 0 spiro atoms. The Balaban J connectivity index is 2.40. The van der Waals surface area contributed by atoms with E-state index in [1.54, 1.807) is 0 Å². The zero-order chi connectivity index (χ0) is 11.7. The number of hydrogen-bond donors (Lipinski definition) is 1. The highest BCUT2D eigenvalue weighted by atomic mass is 16.4. The summed E-state index contributed by atoms with van der Waals surface area (Å²) in [4.78, 5) is 0. The summed E-state index contributed by atoms with van der Waals surface area (Å²) in [7, 11) is 0. The minimum absolute atomic E-state index is 0.603. The minimum atomic E-state index is -0.673. The molecule has 0 saturated carbocycles. The second-order valence-corrected chi connectivity index (χ2v) is 4.21. The summed E-state index contributed by atoms with van der Waals surface area (Å²) in [6, 6.07) is 9.74. The Morgan fingerprint density at radius 3 is 2.44 bits per heavy atom. The van der Waals surface area contributed by atoms with Crippen LogP contribution in [0.1, 0.15) is 34.3 Å². The number of aryl methyl sites for hydroxylation is 3. The van der Waals surface area contributed by atoms with E-state index in [1.807, 2.05) is 51.1 Å². The molecule has 16 heavy (non-hydrogen) atoms. The van der Waals surface area contributed by atoms with Crippen molar-refractivity contribution in [3.05, 3.63) is 58.5 Å². The lowest BCUT2D eigenvalue weighted by Crippen LogP contribution is -2.01. The van der Waals surface area contributed by atoms with Gasteiger partial charge >= 0.3 is 0 Å². The van der Waals surface area contributed by atoms with E-state index >= 15 is 0 Å². The molecule has 0 fully saturated rings. The van der Waals surface area contributed by atoms with Gasteiger partial charge in [0, 0.05) is 0 Å². The van der Waals surface area contributed by atoms with Gasteiger partial charge < -0.3 is 9.52 Å². The second-order valence-electron chi connectivity index (χ2n) is 4.21. The van der Waals surface area contributed by atoms with Crippen molar-refractivity contribution in [2.45, 2.75) is 26.9 Å². The lowest BCUT2D eigenvalue weighted by molar-refractivity contribution is 0.187. The lowest BCUT2D eigenvalue weighted by atomic mass is 9.99. The second kappa shape index (κ2) is 4.14. The van der Waals surface area contributed by atoms with Crippen LogP contribution in [0.3, 0.4) is 0 Å². The number of aliphatic hydroxyl groups excluding tert-OH is 1. The molecule has 84 valence electrons. The predicted molar refractivity (Wildman–Crippen MR) is 63.4 cm³/mol. The minimum Gasteiger partial charge on any atom is -0.463 e. The zero-order valence-corrected chi connectivity index (χ0v) is 9.82. The molecule has 0 aliphatic rings. The van der Waals surface area contributed by atoms with Gasteiger partial charge in [0.05, 0.1) is 0 Å². The molecule has 0 radical (unpaired) electrons. The fraction of sp³-hybridized carbons (Fsp3) is 0.286. The molecule has 1 aromatic heterocycles. The maximum absolute atomic E-state index is 10.2. The molecule has 1 aromatic carbocycles. The van der Waals surface area contributed by atoms with Crippen LogP contribution in [0.2, 0.25) is 0 Å². The van der Waals surface area contributed by atoms with E-state index < -0.39 is 6.10 Å². The van der Waals surface area contributed by atoms with Crippen molar-refractivity contribution in [1.29, 1.82) is 0 Å². The molecule has 1 unspecified atom stereocenters. The van der Waals surface area contributed by atoms with Crippen LogP contribution in [0.4, 0.5) is 0 Å². The van der Waals surface area contributed by atoms with Gasteiger partial charge in [-0.05, 0) is 44.0 Å². The average molecular weight is 216 g/mol. The summed E-state index contributed by atoms with van der Waals surface area (Å²) >= 11 is 0. The van der Waals surface area contributed by atoms with Crippen molar-refractivity contribution < 1.29 is 9.52 Å². The first-order chi connectivity index (χ1) is 7.58. The highest BCUT2D eigenvalue weighted by Gasteiger charge is 2.16. The quantitative estimate of drug-likeness (QED) is 0.835. The maximum atomic E-state index is 10.2. The Kier molecular flexibility index (Phi) is 2.84. The third-order valence-corrected chi connectivity index (χ3v) is 2.76. The van der Waals surface area contributed by atoms with Gasteiger partial charge in [-0.3, -0.25) is 0 Å². The van der Waals surface area contributed by atoms with Gasteiger partial charge in [0.2, 0.25) is 0 Å². The zero-order valence-electron chi connectivity index (χ0n) is 9.82. The molecule has 2 rings (SSSR count). The molecular weight excluding hydrogens is 200 g/mol. The first-order valence-electron chi connectivity index (χ1n) is 5.39. The molecule has 1 N–H and O–H groups in total. The molecule has 1 heterocycles. The van der Waals surface area contributed by atoms with Crippen LogP contribution in [-0.4, -0.2) is 5.11 Å². The maximum Gasteiger partial charge on any atom is 0.137 e. The summed E-state index contributed by atoms with van der Waals surface area (Å²) in [6.07, 6.45) is -0.673. The molecule has 2 heteroatoms. The predicted octanol–water partition coefficient (Wildman–Crippen LogP) is 3.29. The lowest BCUT2D eigenvalue weighted by Gasteiger charge is -2.12. The van der Waals surface area contributed by atoms with Crippen LogP contribution in [0.25, 0.3) is 0 Å². The largest absolute Gasteiger partial charge is 0.463 e. The fourth-order valence-corrected chi connectivity index (χ4v) is 1.81. The van der Waals surface area contributed by atoms with Gasteiger partial charge in [-0.1, -0.05) is 23.8 Å². The van der Waals surface area contributed by atoms with Crippen molar-refractivity contribution in [2.24, 2.45) is 0 Å². The van der Waals surface area contributed by atoms with Gasteiger partial charge in [-0.15, -0.1) is 0 Å². The Labute approximate surface area is 95.5 Å². The highest BCUT2D eigenvalue weighted by Crippen LogP contribution is 2.26. The molecule has 0 bridgehead atoms. The summed E-state index contributed by atoms with van der Waals surface area (Å²) in [5.41, 5.74) is 3.13. The number of furan rings is 1. The van der Waals surface area contributed by atoms with E-state index in [-0.39, 0.29) is 0 Å². The molecule has 1 atom stereocenters.